The first-order chi connectivity index (χ1) is 12.1. The second-order valence-electron chi connectivity index (χ2n) is 5.91. The molecule has 6 heteroatoms. The molecule has 0 aliphatic carbocycles. The van der Waals surface area contributed by atoms with Crippen LogP contribution >= 0.6 is 7.60 Å². The second-order valence-corrected chi connectivity index (χ2v) is 8.28. The Bertz CT molecular complexity index is 805. The Balaban J connectivity index is 1.81. The van der Waals surface area contributed by atoms with Gasteiger partial charge in [-0.15, -0.1) is 0 Å². The van der Waals surface area contributed by atoms with Crippen molar-refractivity contribution in [2.75, 3.05) is 19.8 Å². The number of hydrogen-bond acceptors (Lipinski definition) is 5. The molecule has 1 aliphatic heterocycles. The molecular formula is C19H24NO4P. The maximum Gasteiger partial charge on any atom is 0.342 e. The summed E-state index contributed by atoms with van der Waals surface area (Å²) < 4.78 is 29.9. The smallest absolute Gasteiger partial charge is 0.342 e. The number of benzene rings is 2. The summed E-state index contributed by atoms with van der Waals surface area (Å²) in [5.41, 5.74) is 0.569. The summed E-state index contributed by atoms with van der Waals surface area (Å²) in [6.45, 7) is 6.54. The van der Waals surface area contributed by atoms with Crippen LogP contribution in [0.2, 0.25) is 0 Å². The number of nitrogens with zero attached hydrogens (tertiary/aromatic N) is 1. The van der Waals surface area contributed by atoms with Crippen molar-refractivity contribution in [3.8, 4) is 0 Å². The van der Waals surface area contributed by atoms with Crippen LogP contribution in [0, 0.1) is 0 Å². The Morgan fingerprint density at radius 1 is 1.16 bits per heavy atom. The quantitative estimate of drug-likeness (QED) is 0.654. The van der Waals surface area contributed by atoms with Gasteiger partial charge in [0.1, 0.15) is 11.8 Å². The van der Waals surface area contributed by atoms with Gasteiger partial charge in [-0.25, -0.2) is 0 Å². The van der Waals surface area contributed by atoms with Gasteiger partial charge in [-0.3, -0.25) is 9.56 Å². The van der Waals surface area contributed by atoms with Gasteiger partial charge in [-0.2, -0.15) is 0 Å². The Morgan fingerprint density at radius 3 is 2.56 bits per heavy atom. The molecule has 0 radical (unpaired) electrons. The Hall–Kier alpha value is -1.68. The normalized spacial score (nSPS) is 18.8. The molecule has 2 unspecified atom stereocenters. The molecule has 25 heavy (non-hydrogen) atoms. The third-order valence-electron chi connectivity index (χ3n) is 4.30. The molecule has 0 saturated carbocycles. The van der Waals surface area contributed by atoms with E-state index in [9.17, 15) is 4.57 Å². The van der Waals surface area contributed by atoms with Crippen molar-refractivity contribution in [1.82, 2.24) is 0 Å². The van der Waals surface area contributed by atoms with Gasteiger partial charge in [0.05, 0.1) is 19.8 Å². The third kappa shape index (κ3) is 3.64. The predicted octanol–water partition coefficient (Wildman–Crippen LogP) is 4.96. The summed E-state index contributed by atoms with van der Waals surface area (Å²) >= 11 is 0. The molecule has 3 rings (SSSR count). The van der Waals surface area contributed by atoms with E-state index in [0.717, 1.165) is 10.9 Å². The lowest BCUT2D eigenvalue weighted by Crippen LogP contribution is -2.21. The first kappa shape index (κ1) is 18.1. The first-order valence-electron chi connectivity index (χ1n) is 8.66. The molecule has 0 saturated heterocycles. The van der Waals surface area contributed by atoms with Crippen LogP contribution in [0.5, 0.6) is 0 Å². The maximum atomic E-state index is 13.0. The van der Waals surface area contributed by atoms with Gasteiger partial charge < -0.3 is 13.8 Å². The van der Waals surface area contributed by atoms with Gasteiger partial charge in [-0.05, 0) is 31.5 Å². The molecule has 0 spiro atoms. The van der Waals surface area contributed by atoms with E-state index >= 15 is 0 Å². The summed E-state index contributed by atoms with van der Waals surface area (Å²) in [6.07, 6.45) is -0.180. The fraction of sp³-hybridized carbons (Fsp3) is 0.421. The molecule has 0 amide bonds. The highest BCUT2D eigenvalue weighted by molar-refractivity contribution is 7.55. The lowest BCUT2D eigenvalue weighted by atomic mass is 10.0. The zero-order valence-corrected chi connectivity index (χ0v) is 15.7. The van der Waals surface area contributed by atoms with Crippen LogP contribution < -0.4 is 0 Å². The minimum atomic E-state index is -3.28. The van der Waals surface area contributed by atoms with E-state index in [1.54, 1.807) is 20.8 Å². The number of rotatable bonds is 7. The lowest BCUT2D eigenvalue weighted by Gasteiger charge is -2.24. The van der Waals surface area contributed by atoms with Crippen LogP contribution in [0.3, 0.4) is 0 Å². The van der Waals surface area contributed by atoms with E-state index in [1.165, 1.54) is 5.39 Å². The van der Waals surface area contributed by atoms with Gasteiger partial charge in [0.25, 0.3) is 0 Å². The van der Waals surface area contributed by atoms with Crippen molar-refractivity contribution in [1.29, 1.82) is 0 Å². The Kier molecular flexibility index (Phi) is 5.57. The van der Waals surface area contributed by atoms with Gasteiger partial charge in [0, 0.05) is 5.56 Å². The molecule has 0 bridgehead atoms. The summed E-state index contributed by atoms with van der Waals surface area (Å²) in [4.78, 5) is 4.49. The molecule has 2 aromatic rings. The van der Waals surface area contributed by atoms with Crippen LogP contribution in [-0.2, 0) is 18.3 Å². The summed E-state index contributed by atoms with van der Waals surface area (Å²) in [5.74, 6) is 0.447. The minimum absolute atomic E-state index is 0.180. The highest BCUT2D eigenvalue weighted by Crippen LogP contribution is 2.54. The van der Waals surface area contributed by atoms with Gasteiger partial charge in [0.15, 0.2) is 5.90 Å². The Morgan fingerprint density at radius 2 is 1.84 bits per heavy atom. The topological polar surface area (TPSA) is 57.1 Å². The monoisotopic (exact) mass is 361 g/mol. The van der Waals surface area contributed by atoms with Crippen molar-refractivity contribution in [3.05, 3.63) is 48.0 Å². The summed E-state index contributed by atoms with van der Waals surface area (Å²) in [7, 11) is -3.28. The van der Waals surface area contributed by atoms with Crippen LogP contribution in [0.4, 0.5) is 0 Å². The van der Waals surface area contributed by atoms with Gasteiger partial charge >= 0.3 is 7.60 Å². The van der Waals surface area contributed by atoms with Crippen molar-refractivity contribution in [3.63, 3.8) is 0 Å². The zero-order chi connectivity index (χ0) is 17.9. The van der Waals surface area contributed by atoms with E-state index in [4.69, 9.17) is 13.8 Å². The van der Waals surface area contributed by atoms with Crippen molar-refractivity contribution in [2.45, 2.75) is 32.5 Å². The summed E-state index contributed by atoms with van der Waals surface area (Å²) in [5, 5.41) is 2.32. The SMILES string of the molecule is CCOP(=O)(OCC)C(C)C1=NCC(c2cccc3ccccc23)O1. The van der Waals surface area contributed by atoms with E-state index in [1.807, 2.05) is 18.2 Å². The molecular weight excluding hydrogens is 337 g/mol. The average molecular weight is 361 g/mol. The van der Waals surface area contributed by atoms with E-state index in [0.29, 0.717) is 25.7 Å². The van der Waals surface area contributed by atoms with Crippen molar-refractivity contribution in [2.24, 2.45) is 4.99 Å². The largest absolute Gasteiger partial charge is 0.470 e. The zero-order valence-electron chi connectivity index (χ0n) is 14.8. The highest BCUT2D eigenvalue weighted by Gasteiger charge is 2.40. The predicted molar refractivity (Wildman–Crippen MR) is 100 cm³/mol. The number of fused-ring (bicyclic) bond motifs is 1. The van der Waals surface area contributed by atoms with E-state index in [2.05, 4.69) is 29.3 Å². The molecule has 5 nitrogen and oxygen atoms in total. The highest BCUT2D eigenvalue weighted by atomic mass is 31.2. The number of aliphatic imine (C=N–C) groups is 1. The molecule has 1 aliphatic rings. The minimum Gasteiger partial charge on any atom is -0.470 e. The number of hydrogen-bond donors (Lipinski definition) is 0. The molecule has 0 N–H and O–H groups in total. The average Bonchev–Trinajstić information content (AvgIpc) is 3.10. The molecule has 134 valence electrons. The fourth-order valence-electron chi connectivity index (χ4n) is 3.07. The van der Waals surface area contributed by atoms with E-state index < -0.39 is 13.3 Å². The van der Waals surface area contributed by atoms with Crippen LogP contribution in [-0.4, -0.2) is 31.3 Å². The standard InChI is InChI=1S/C19H24NO4P/c1-4-22-25(21,23-5-2)14(3)19-20-13-18(24-19)17-12-8-10-15-9-6-7-11-16(15)17/h6-12,14,18H,4-5,13H2,1-3H3. The second kappa shape index (κ2) is 7.69. The molecule has 0 fully saturated rings. The van der Waals surface area contributed by atoms with Gasteiger partial charge in [0.2, 0.25) is 0 Å². The molecule has 1 heterocycles. The summed E-state index contributed by atoms with van der Waals surface area (Å²) in [6, 6.07) is 14.4. The van der Waals surface area contributed by atoms with Crippen LogP contribution in [0.25, 0.3) is 10.8 Å². The molecule has 2 atom stereocenters. The first-order valence-corrected chi connectivity index (χ1v) is 10.3. The fourth-order valence-corrected chi connectivity index (χ4v) is 4.73. The Labute approximate surface area is 148 Å². The van der Waals surface area contributed by atoms with Crippen molar-refractivity contribution >= 4 is 24.3 Å². The van der Waals surface area contributed by atoms with E-state index in [-0.39, 0.29) is 6.10 Å². The van der Waals surface area contributed by atoms with Crippen LogP contribution in [0.15, 0.2) is 47.5 Å². The van der Waals surface area contributed by atoms with Gasteiger partial charge in [-0.1, -0.05) is 42.5 Å². The molecule has 2 aromatic carbocycles. The van der Waals surface area contributed by atoms with Crippen molar-refractivity contribution < 1.29 is 18.3 Å². The lowest BCUT2D eigenvalue weighted by molar-refractivity contribution is 0.203. The van der Waals surface area contributed by atoms with Crippen LogP contribution in [0.1, 0.15) is 32.4 Å². The third-order valence-corrected chi connectivity index (χ3v) is 6.70. The molecule has 0 aromatic heterocycles. The maximum absolute atomic E-state index is 13.0. The number of ether oxygens (including phenoxy) is 1.